The predicted molar refractivity (Wildman–Crippen MR) is 98.2 cm³/mol. The number of hydrogen-bond donors (Lipinski definition) is 2. The number of hydrogen-bond acceptors (Lipinski definition) is 6. The van der Waals surface area contributed by atoms with Gasteiger partial charge in [-0.1, -0.05) is 19.8 Å². The van der Waals surface area contributed by atoms with Crippen LogP contribution in [0.4, 0.5) is 9.59 Å². The largest absolute Gasteiger partial charge is 0.481 e. The van der Waals surface area contributed by atoms with Crippen LogP contribution in [0.2, 0.25) is 0 Å². The highest BCUT2D eigenvalue weighted by Gasteiger charge is 2.38. The second-order valence-corrected chi connectivity index (χ2v) is 7.15. The maximum atomic E-state index is 12.9. The molecular weight excluding hydrogens is 356 g/mol. The second kappa shape index (κ2) is 11.4. The quantitative estimate of drug-likeness (QED) is 0.582. The van der Waals surface area contributed by atoms with Crippen molar-refractivity contribution in [3.8, 4) is 0 Å². The molecule has 9 nitrogen and oxygen atoms in total. The number of amides is 3. The summed E-state index contributed by atoms with van der Waals surface area (Å²) in [5, 5.41) is 11.6. The van der Waals surface area contributed by atoms with Crippen LogP contribution in [0.5, 0.6) is 0 Å². The van der Waals surface area contributed by atoms with Gasteiger partial charge in [0.2, 0.25) is 0 Å². The van der Waals surface area contributed by atoms with Gasteiger partial charge in [0.05, 0.1) is 12.5 Å². The van der Waals surface area contributed by atoms with Crippen molar-refractivity contribution in [1.29, 1.82) is 0 Å². The molecule has 9 heteroatoms. The van der Waals surface area contributed by atoms with Gasteiger partial charge in [-0.05, 0) is 41.0 Å². The summed E-state index contributed by atoms with van der Waals surface area (Å²) < 4.78 is 10.0. The number of ether oxygens (including phenoxy) is 2. The van der Waals surface area contributed by atoms with E-state index < -0.39 is 41.6 Å². The maximum absolute atomic E-state index is 12.9. The summed E-state index contributed by atoms with van der Waals surface area (Å²) in [4.78, 5) is 49.4. The van der Waals surface area contributed by atoms with E-state index in [4.69, 9.17) is 9.47 Å². The number of carboxylic acids is 1. The van der Waals surface area contributed by atoms with Crippen molar-refractivity contribution in [3.05, 3.63) is 0 Å². The Morgan fingerprint density at radius 2 is 1.70 bits per heavy atom. The first kappa shape index (κ1) is 24.7. The average molecular weight is 388 g/mol. The van der Waals surface area contributed by atoms with Gasteiger partial charge in [-0.3, -0.25) is 9.59 Å². The highest BCUT2D eigenvalue weighted by atomic mass is 16.6. The van der Waals surface area contributed by atoms with Crippen LogP contribution >= 0.6 is 0 Å². The Morgan fingerprint density at radius 3 is 2.15 bits per heavy atom. The van der Waals surface area contributed by atoms with Crippen molar-refractivity contribution < 1.29 is 33.8 Å². The molecule has 0 aliphatic heterocycles. The van der Waals surface area contributed by atoms with Crippen molar-refractivity contribution in [2.45, 2.75) is 72.4 Å². The molecule has 0 radical (unpaired) electrons. The van der Waals surface area contributed by atoms with Gasteiger partial charge < -0.3 is 19.9 Å². The van der Waals surface area contributed by atoms with Crippen molar-refractivity contribution >= 4 is 24.1 Å². The first-order chi connectivity index (χ1) is 12.4. The van der Waals surface area contributed by atoms with Crippen molar-refractivity contribution in [3.63, 3.8) is 0 Å². The number of nitrogens with zero attached hydrogens (tertiary/aromatic N) is 1. The molecule has 27 heavy (non-hydrogen) atoms. The fourth-order valence-corrected chi connectivity index (χ4v) is 2.16. The third-order valence-electron chi connectivity index (χ3n) is 3.57. The van der Waals surface area contributed by atoms with E-state index in [1.54, 1.807) is 27.7 Å². The molecule has 2 N–H and O–H groups in total. The smallest absolute Gasteiger partial charge is 0.416 e. The molecule has 3 amide bonds. The lowest BCUT2D eigenvalue weighted by Gasteiger charge is -2.29. The Labute approximate surface area is 160 Å². The zero-order chi connectivity index (χ0) is 21.2. The lowest BCUT2D eigenvalue weighted by atomic mass is 10.0. The molecule has 0 aromatic carbocycles. The van der Waals surface area contributed by atoms with E-state index in [0.717, 1.165) is 17.7 Å². The third-order valence-corrected chi connectivity index (χ3v) is 3.57. The van der Waals surface area contributed by atoms with Crippen LogP contribution in [0.3, 0.4) is 0 Å². The normalized spacial score (nSPS) is 13.3. The average Bonchev–Trinajstić information content (AvgIpc) is 2.54. The van der Waals surface area contributed by atoms with Gasteiger partial charge in [-0.25, -0.2) is 14.5 Å². The number of aliphatic carboxylic acids is 1. The second-order valence-electron chi connectivity index (χ2n) is 7.15. The topological polar surface area (TPSA) is 122 Å². The summed E-state index contributed by atoms with van der Waals surface area (Å²) in [6, 6.07) is -1.47. The number of alkyl carbamates (subject to hydrolysis) is 1. The summed E-state index contributed by atoms with van der Waals surface area (Å²) >= 11 is 0. The van der Waals surface area contributed by atoms with Gasteiger partial charge in [0.1, 0.15) is 11.6 Å². The van der Waals surface area contributed by atoms with Crippen molar-refractivity contribution in [2.75, 3.05) is 13.2 Å². The summed E-state index contributed by atoms with van der Waals surface area (Å²) in [5.74, 6) is -3.40. The monoisotopic (exact) mass is 388 g/mol. The van der Waals surface area contributed by atoms with E-state index in [1.807, 2.05) is 6.92 Å². The molecule has 156 valence electrons. The summed E-state index contributed by atoms with van der Waals surface area (Å²) in [6.45, 7) is 9.90. The minimum absolute atomic E-state index is 0.0645. The van der Waals surface area contributed by atoms with Gasteiger partial charge in [0.15, 0.2) is 0 Å². The highest BCUT2D eigenvalue weighted by molar-refractivity contribution is 5.98. The number of rotatable bonds is 9. The van der Waals surface area contributed by atoms with E-state index in [2.05, 4.69) is 5.32 Å². The Balaban J connectivity index is 5.53. The molecule has 0 bridgehead atoms. The zero-order valence-electron chi connectivity index (χ0n) is 17.0. The van der Waals surface area contributed by atoms with Crippen LogP contribution in [0, 0.1) is 5.92 Å². The Morgan fingerprint density at radius 1 is 1.11 bits per heavy atom. The third kappa shape index (κ3) is 9.25. The van der Waals surface area contributed by atoms with E-state index in [9.17, 15) is 24.3 Å². The lowest BCUT2D eigenvalue weighted by Crippen LogP contribution is -2.55. The minimum Gasteiger partial charge on any atom is -0.481 e. The molecule has 0 aromatic rings. The number of imide groups is 1. The molecule has 0 aromatic heterocycles. The summed E-state index contributed by atoms with van der Waals surface area (Å²) in [5.41, 5.74) is -0.827. The first-order valence-electron chi connectivity index (χ1n) is 9.15. The minimum atomic E-state index is -1.47. The molecule has 0 heterocycles. The van der Waals surface area contributed by atoms with Gasteiger partial charge >= 0.3 is 18.2 Å². The summed E-state index contributed by atoms with van der Waals surface area (Å²) in [7, 11) is 0. The van der Waals surface area contributed by atoms with E-state index >= 15 is 0 Å². The molecule has 0 spiro atoms. The molecule has 0 aliphatic rings. The van der Waals surface area contributed by atoms with Crippen LogP contribution in [-0.4, -0.2) is 58.9 Å². The van der Waals surface area contributed by atoms with E-state index in [0.29, 0.717) is 6.42 Å². The van der Waals surface area contributed by atoms with Gasteiger partial charge in [0, 0.05) is 6.54 Å². The van der Waals surface area contributed by atoms with Gasteiger partial charge in [0.25, 0.3) is 5.91 Å². The fourth-order valence-electron chi connectivity index (χ4n) is 2.16. The first-order valence-corrected chi connectivity index (χ1v) is 9.15. The number of nitrogens with one attached hydrogen (secondary N) is 1. The van der Waals surface area contributed by atoms with Gasteiger partial charge in [-0.15, -0.1) is 0 Å². The number of carbonyl (C=O) groups excluding carboxylic acids is 3. The van der Waals surface area contributed by atoms with Crippen LogP contribution in [0.1, 0.15) is 60.8 Å². The Bertz CT molecular complexity index is 528. The summed E-state index contributed by atoms with van der Waals surface area (Å²) in [6.07, 6.45) is 0.387. The zero-order valence-corrected chi connectivity index (χ0v) is 17.0. The number of carboxylic acid groups (broad SMARTS) is 1. The van der Waals surface area contributed by atoms with Crippen LogP contribution in [-0.2, 0) is 19.1 Å². The molecule has 0 aliphatic carbocycles. The van der Waals surface area contributed by atoms with E-state index in [1.165, 1.54) is 6.92 Å². The van der Waals surface area contributed by atoms with Crippen molar-refractivity contribution in [2.24, 2.45) is 5.92 Å². The molecule has 0 fully saturated rings. The molecule has 1 unspecified atom stereocenters. The molecule has 0 saturated carbocycles. The maximum Gasteiger partial charge on any atom is 0.416 e. The van der Waals surface area contributed by atoms with Gasteiger partial charge in [-0.2, -0.15) is 0 Å². The molecular formula is C18H32N2O7. The van der Waals surface area contributed by atoms with Crippen molar-refractivity contribution in [1.82, 2.24) is 10.2 Å². The van der Waals surface area contributed by atoms with E-state index in [-0.39, 0.29) is 13.2 Å². The number of carbonyl (C=O) groups is 4. The number of unbranched alkanes of at least 4 members (excludes halogenated alkanes) is 2. The van der Waals surface area contributed by atoms with Crippen LogP contribution in [0.15, 0.2) is 0 Å². The fraction of sp³-hybridized carbons (Fsp3) is 0.778. The standard InChI is InChI=1S/C18H32N2O7/c1-7-9-10-11-20(17(25)26-8-2)14(21)13(12(3)15(22)23)19-16(24)27-18(4,5)6/h12-13H,7-11H2,1-6H3,(H,19,24)(H,22,23)/t12-,13?/m0/s1. The lowest BCUT2D eigenvalue weighted by molar-refractivity contribution is -0.146. The molecule has 0 rings (SSSR count). The Hall–Kier alpha value is -2.32. The highest BCUT2D eigenvalue weighted by Crippen LogP contribution is 2.13. The van der Waals surface area contributed by atoms with Crippen LogP contribution in [0.25, 0.3) is 0 Å². The SMILES string of the molecule is CCCCCN(C(=O)OCC)C(=O)C(NC(=O)OC(C)(C)C)[C@H](C)C(=O)O. The van der Waals surface area contributed by atoms with Crippen LogP contribution < -0.4 is 5.32 Å². The molecule has 0 saturated heterocycles. The Kier molecular flexibility index (Phi) is 10.4. The predicted octanol–water partition coefficient (Wildman–Crippen LogP) is 2.78. The molecule has 2 atom stereocenters.